The number of aryl methyl sites for hydroxylation is 1. The third kappa shape index (κ3) is 7.19. The van der Waals surface area contributed by atoms with E-state index in [0.29, 0.717) is 12.0 Å². The number of aliphatic carboxylic acids is 1. The van der Waals surface area contributed by atoms with Gasteiger partial charge in [-0.3, -0.25) is 0 Å². The van der Waals surface area contributed by atoms with Crippen LogP contribution in [0.4, 0.5) is 13.2 Å². The quantitative estimate of drug-likeness (QED) is 0.473. The van der Waals surface area contributed by atoms with E-state index in [4.69, 9.17) is 19.7 Å². The van der Waals surface area contributed by atoms with E-state index in [1.54, 1.807) is 0 Å². The average Bonchev–Trinajstić information content (AvgIpc) is 3.19. The summed E-state index contributed by atoms with van der Waals surface area (Å²) in [5.41, 5.74) is 1.36. The first kappa shape index (κ1) is 29.3. The lowest BCUT2D eigenvalue weighted by atomic mass is 9.77. The number of hydrogen-bond acceptors (Lipinski definition) is 7. The first-order chi connectivity index (χ1) is 16.8. The van der Waals surface area contributed by atoms with Gasteiger partial charge in [0.2, 0.25) is 10.0 Å². The maximum absolute atomic E-state index is 11.8. The van der Waals surface area contributed by atoms with Gasteiger partial charge in [-0.25, -0.2) is 17.9 Å². The maximum Gasteiger partial charge on any atom is 0.490 e. The molecule has 2 aliphatic heterocycles. The second kappa shape index (κ2) is 11.6. The van der Waals surface area contributed by atoms with Gasteiger partial charge in [-0.1, -0.05) is 6.92 Å². The number of nitrogens with zero attached hydrogens (tertiary/aromatic N) is 1. The van der Waals surface area contributed by atoms with Crippen LogP contribution in [0.1, 0.15) is 54.8 Å². The molecule has 8 nitrogen and oxygen atoms in total. The van der Waals surface area contributed by atoms with Crippen LogP contribution in [0.25, 0.3) is 0 Å². The predicted molar refractivity (Wildman–Crippen MR) is 130 cm³/mol. The van der Waals surface area contributed by atoms with Crippen LogP contribution in [-0.4, -0.2) is 79.8 Å². The normalized spacial score (nSPS) is 28.7. The number of fused-ring (bicyclic) bond motifs is 2. The maximum atomic E-state index is 11.8. The van der Waals surface area contributed by atoms with Crippen molar-refractivity contribution >= 4 is 27.3 Å². The Kier molecular flexibility index (Phi) is 9.48. The van der Waals surface area contributed by atoms with E-state index >= 15 is 0 Å². The minimum Gasteiger partial charge on any atom is -0.475 e. The molecule has 13 heteroatoms. The highest BCUT2D eigenvalue weighted by molar-refractivity contribution is 7.89. The van der Waals surface area contributed by atoms with Crippen molar-refractivity contribution in [3.05, 3.63) is 21.4 Å². The highest BCUT2D eigenvalue weighted by Gasteiger charge is 2.45. The number of sulfonamides is 1. The first-order valence-electron chi connectivity index (χ1n) is 12.2. The third-order valence-electron chi connectivity index (χ3n) is 7.14. The molecule has 0 unspecified atom stereocenters. The SMILES string of the molecule is CCc1cc2c(s1)CCO[C@@]21CCN(CC2CC(NS(=O)(=O)CCO)C2)[C@@H](C)C1.O=C(O)C(F)(F)F. The summed E-state index contributed by atoms with van der Waals surface area (Å²) >= 11 is 1.97. The number of ether oxygens (including phenoxy) is 1. The number of aliphatic hydroxyl groups excluding tert-OH is 1. The number of alkyl halides is 3. The number of carboxylic acid groups (broad SMARTS) is 1. The monoisotopic (exact) mass is 556 g/mol. The minimum atomic E-state index is -5.08. The first-order valence-corrected chi connectivity index (χ1v) is 14.7. The van der Waals surface area contributed by atoms with Crippen LogP contribution in [0.3, 0.4) is 0 Å². The zero-order valence-electron chi connectivity index (χ0n) is 20.5. The van der Waals surface area contributed by atoms with Crippen molar-refractivity contribution < 1.29 is 41.3 Å². The van der Waals surface area contributed by atoms with Gasteiger partial charge in [0, 0.05) is 41.3 Å². The Labute approximate surface area is 213 Å². The zero-order valence-corrected chi connectivity index (χ0v) is 22.1. The van der Waals surface area contributed by atoms with Gasteiger partial charge in [-0.05, 0) is 56.6 Å². The highest BCUT2D eigenvalue weighted by atomic mass is 32.2. The summed E-state index contributed by atoms with van der Waals surface area (Å²) in [5.74, 6) is -2.42. The number of rotatable bonds is 7. The molecule has 2 atom stereocenters. The highest BCUT2D eigenvalue weighted by Crippen LogP contribution is 2.46. The van der Waals surface area contributed by atoms with Crippen LogP contribution < -0.4 is 4.72 Å². The van der Waals surface area contributed by atoms with E-state index in [1.165, 1.54) is 15.3 Å². The summed E-state index contributed by atoms with van der Waals surface area (Å²) in [4.78, 5) is 14.5. The minimum absolute atomic E-state index is 0.0329. The fourth-order valence-corrected chi connectivity index (χ4v) is 7.53. The Bertz CT molecular complexity index is 1010. The van der Waals surface area contributed by atoms with Crippen molar-refractivity contribution in [1.29, 1.82) is 0 Å². The topological polar surface area (TPSA) is 116 Å². The molecule has 0 bridgehead atoms. The second-order valence-electron chi connectivity index (χ2n) is 9.79. The summed E-state index contributed by atoms with van der Waals surface area (Å²) in [7, 11) is -3.34. The third-order valence-corrected chi connectivity index (χ3v) is 9.89. The van der Waals surface area contributed by atoms with Gasteiger partial charge in [0.15, 0.2) is 0 Å². The summed E-state index contributed by atoms with van der Waals surface area (Å²) in [6, 6.07) is 2.90. The van der Waals surface area contributed by atoms with Gasteiger partial charge in [-0.2, -0.15) is 13.2 Å². The average molecular weight is 557 g/mol. The van der Waals surface area contributed by atoms with Crippen LogP contribution in [0.15, 0.2) is 6.07 Å². The molecule has 1 aromatic heterocycles. The standard InChI is InChI=1S/C21H34N2O4S2.C2HF3O2/c1-3-18-12-19-20(28-18)4-8-27-21(19)5-6-23(15(2)13-21)14-16-10-17(11-16)22-29(25,26)9-7-24;3-2(4,5)1(6)7/h12,15-17,22,24H,3-11,13-14H2,1-2H3;(H,6,7)/t15-,16?,17?,21+;/m0./s1. The number of hydrogen-bond donors (Lipinski definition) is 3. The summed E-state index contributed by atoms with van der Waals surface area (Å²) in [6.45, 7) is 7.12. The lowest BCUT2D eigenvalue weighted by Gasteiger charge is -2.49. The van der Waals surface area contributed by atoms with Crippen LogP contribution in [0.5, 0.6) is 0 Å². The van der Waals surface area contributed by atoms with E-state index in [0.717, 1.165) is 58.2 Å². The van der Waals surface area contributed by atoms with Crippen molar-refractivity contribution in [1.82, 2.24) is 9.62 Å². The van der Waals surface area contributed by atoms with Crippen LogP contribution in [-0.2, 0) is 38.0 Å². The second-order valence-corrected chi connectivity index (χ2v) is 12.9. The number of nitrogens with one attached hydrogen (secondary N) is 1. The number of likely N-dealkylation sites (tertiary alicyclic amines) is 1. The van der Waals surface area contributed by atoms with E-state index < -0.39 is 22.2 Å². The lowest BCUT2D eigenvalue weighted by molar-refractivity contribution is -0.192. The van der Waals surface area contributed by atoms with Crippen molar-refractivity contribution in [3.8, 4) is 0 Å². The van der Waals surface area contributed by atoms with Crippen LogP contribution >= 0.6 is 11.3 Å². The Hall–Kier alpha value is -1.25. The molecule has 3 N–H and O–H groups in total. The molecular weight excluding hydrogens is 521 g/mol. The van der Waals surface area contributed by atoms with Gasteiger partial charge in [0.1, 0.15) is 0 Å². The Morgan fingerprint density at radius 3 is 2.58 bits per heavy atom. The number of aliphatic hydroxyl groups is 1. The van der Waals surface area contributed by atoms with Crippen molar-refractivity contribution in [3.63, 3.8) is 0 Å². The van der Waals surface area contributed by atoms with Gasteiger partial charge in [-0.15, -0.1) is 11.3 Å². The van der Waals surface area contributed by atoms with Crippen molar-refractivity contribution in [2.45, 2.75) is 76.2 Å². The molecule has 206 valence electrons. The molecular formula is C23H35F3N2O6S2. The lowest BCUT2D eigenvalue weighted by Crippen LogP contribution is -2.54. The fraction of sp³-hybridized carbons (Fsp3) is 0.783. The smallest absolute Gasteiger partial charge is 0.475 e. The summed E-state index contributed by atoms with van der Waals surface area (Å²) in [6.07, 6.45) is 0.937. The number of carboxylic acids is 1. The number of piperidine rings is 1. The number of carbonyl (C=O) groups is 1. The molecule has 0 radical (unpaired) electrons. The molecule has 1 aliphatic carbocycles. The Morgan fingerprint density at radius 1 is 1.36 bits per heavy atom. The van der Waals surface area contributed by atoms with E-state index in [-0.39, 0.29) is 24.0 Å². The van der Waals surface area contributed by atoms with Gasteiger partial charge >= 0.3 is 12.1 Å². The van der Waals surface area contributed by atoms with E-state index in [1.807, 2.05) is 11.3 Å². The molecule has 0 aromatic carbocycles. The molecule has 36 heavy (non-hydrogen) atoms. The molecule has 3 aliphatic rings. The van der Waals surface area contributed by atoms with Crippen molar-refractivity contribution in [2.75, 3.05) is 32.1 Å². The zero-order chi connectivity index (χ0) is 26.7. The fourth-order valence-electron chi connectivity index (χ4n) is 5.29. The molecule has 2 fully saturated rings. The molecule has 3 heterocycles. The molecule has 0 amide bonds. The molecule has 1 saturated heterocycles. The largest absolute Gasteiger partial charge is 0.490 e. The molecule has 1 aromatic rings. The van der Waals surface area contributed by atoms with E-state index in [2.05, 4.69) is 29.5 Å². The predicted octanol–water partition coefficient (Wildman–Crippen LogP) is 2.89. The van der Waals surface area contributed by atoms with Gasteiger partial charge < -0.3 is 19.8 Å². The van der Waals surface area contributed by atoms with Crippen LogP contribution in [0.2, 0.25) is 0 Å². The molecule has 1 spiro atoms. The van der Waals surface area contributed by atoms with Crippen molar-refractivity contribution in [2.24, 2.45) is 5.92 Å². The van der Waals surface area contributed by atoms with E-state index in [9.17, 15) is 21.6 Å². The van der Waals surface area contributed by atoms with Gasteiger partial charge in [0.25, 0.3) is 0 Å². The number of halogens is 3. The van der Waals surface area contributed by atoms with Gasteiger partial charge in [0.05, 0.1) is 24.6 Å². The Balaban J connectivity index is 0.000000454. The molecule has 4 rings (SSSR count). The summed E-state index contributed by atoms with van der Waals surface area (Å²) in [5, 5.41) is 16.0. The van der Waals surface area contributed by atoms with Crippen LogP contribution in [0, 0.1) is 5.92 Å². The number of thiophene rings is 1. The Morgan fingerprint density at radius 2 is 2.03 bits per heavy atom. The molecule has 1 saturated carbocycles. The summed E-state index contributed by atoms with van der Waals surface area (Å²) < 4.78 is 64.4.